The largest absolute Gasteiger partial charge is 0.387 e. The van der Waals surface area contributed by atoms with Gasteiger partial charge in [0.1, 0.15) is 6.07 Å². The van der Waals surface area contributed by atoms with Gasteiger partial charge in [0.05, 0.1) is 11.7 Å². The van der Waals surface area contributed by atoms with E-state index in [9.17, 15) is 9.90 Å². The Morgan fingerprint density at radius 3 is 2.64 bits per heavy atom. The Labute approximate surface area is 194 Å². The van der Waals surface area contributed by atoms with Crippen LogP contribution in [0, 0.1) is 11.3 Å². The molecule has 0 spiro atoms. The van der Waals surface area contributed by atoms with Crippen molar-refractivity contribution in [2.75, 3.05) is 7.05 Å². The van der Waals surface area contributed by atoms with Gasteiger partial charge in [-0.3, -0.25) is 9.78 Å². The van der Waals surface area contributed by atoms with Crippen LogP contribution in [0.5, 0.6) is 0 Å². The average Bonchev–Trinajstić information content (AvgIpc) is 3.32. The number of hydrogen-bond acceptors (Lipinski definition) is 5. The fourth-order valence-electron chi connectivity index (χ4n) is 4.41. The number of carbonyl (C=O) groups excluding carboxylic acids is 1. The number of pyridine rings is 1. The van der Waals surface area contributed by atoms with E-state index in [1.165, 1.54) is 6.20 Å². The summed E-state index contributed by atoms with van der Waals surface area (Å²) in [4.78, 5) is 18.5. The molecular weight excluding hydrogens is 412 g/mol. The fourth-order valence-corrected chi connectivity index (χ4v) is 4.41. The zero-order valence-electron chi connectivity index (χ0n) is 18.7. The molecule has 2 aromatic carbocycles. The van der Waals surface area contributed by atoms with Crippen molar-refractivity contribution in [1.29, 1.82) is 5.26 Å². The molecule has 1 aromatic heterocycles. The molecule has 168 valence electrons. The zero-order valence-corrected chi connectivity index (χ0v) is 18.7. The number of aliphatic hydroxyl groups is 1. The molecule has 2 heterocycles. The summed E-state index contributed by atoms with van der Waals surface area (Å²) >= 11 is 0. The van der Waals surface area contributed by atoms with Gasteiger partial charge < -0.3 is 15.3 Å². The number of nitriles is 1. The van der Waals surface area contributed by atoms with Gasteiger partial charge in [-0.05, 0) is 54.2 Å². The lowest BCUT2D eigenvalue weighted by atomic mass is 10.0. The van der Waals surface area contributed by atoms with Crippen LogP contribution in [0.1, 0.15) is 51.6 Å². The van der Waals surface area contributed by atoms with Crippen molar-refractivity contribution in [3.8, 4) is 6.07 Å². The van der Waals surface area contributed by atoms with E-state index in [4.69, 9.17) is 5.26 Å². The monoisotopic (exact) mass is 440 g/mol. The lowest BCUT2D eigenvalue weighted by Crippen LogP contribution is -2.35. The van der Waals surface area contributed by atoms with Gasteiger partial charge in [0.2, 0.25) is 0 Å². The summed E-state index contributed by atoms with van der Waals surface area (Å²) in [5.41, 5.74) is 4.03. The van der Waals surface area contributed by atoms with E-state index >= 15 is 0 Å². The first-order valence-electron chi connectivity index (χ1n) is 11.2. The summed E-state index contributed by atoms with van der Waals surface area (Å²) in [6, 6.07) is 21.7. The van der Waals surface area contributed by atoms with Crippen LogP contribution < -0.4 is 5.32 Å². The van der Waals surface area contributed by atoms with Gasteiger partial charge in [-0.25, -0.2) is 0 Å². The third kappa shape index (κ3) is 5.64. The van der Waals surface area contributed by atoms with Gasteiger partial charge in [-0.1, -0.05) is 42.5 Å². The second-order valence-electron chi connectivity index (χ2n) is 8.66. The highest BCUT2D eigenvalue weighted by molar-refractivity contribution is 5.94. The first-order chi connectivity index (χ1) is 16.0. The number of nitrogens with zero attached hydrogens (tertiary/aromatic N) is 3. The van der Waals surface area contributed by atoms with Crippen molar-refractivity contribution in [2.24, 2.45) is 0 Å². The van der Waals surface area contributed by atoms with E-state index in [1.54, 1.807) is 24.2 Å². The molecule has 1 aliphatic heterocycles. The molecule has 0 bridgehead atoms. The van der Waals surface area contributed by atoms with Gasteiger partial charge >= 0.3 is 0 Å². The average molecular weight is 441 g/mol. The van der Waals surface area contributed by atoms with Crippen LogP contribution in [0.2, 0.25) is 0 Å². The molecular formula is C27H28N4O2. The minimum absolute atomic E-state index is 0.0564. The zero-order chi connectivity index (χ0) is 23.2. The highest BCUT2D eigenvalue weighted by Crippen LogP contribution is 2.26. The normalized spacial score (nSPS) is 18.5. The number of hydrogen-bond donors (Lipinski definition) is 2. The quantitative estimate of drug-likeness (QED) is 0.586. The second kappa shape index (κ2) is 10.4. The van der Waals surface area contributed by atoms with Gasteiger partial charge in [0, 0.05) is 43.6 Å². The predicted molar refractivity (Wildman–Crippen MR) is 126 cm³/mol. The molecule has 0 aliphatic carbocycles. The van der Waals surface area contributed by atoms with Crippen LogP contribution in [0.15, 0.2) is 73.1 Å². The summed E-state index contributed by atoms with van der Waals surface area (Å²) in [5, 5.41) is 23.3. The molecule has 2 N–H and O–H groups in total. The Kier molecular flexibility index (Phi) is 7.13. The third-order valence-electron chi connectivity index (χ3n) is 6.17. The van der Waals surface area contributed by atoms with Crippen LogP contribution in [-0.4, -0.2) is 40.0 Å². The molecule has 6 nitrogen and oxygen atoms in total. The van der Waals surface area contributed by atoms with Crippen LogP contribution in [-0.2, 0) is 13.0 Å². The standard InChI is InChI=1S/C27H28N4O2/c1-31(18-21-13-20(15-28)16-29-17-21)27(33)23-9-7-19(8-10-23)14-24-11-12-25(30-24)26(32)22-5-3-2-4-6-22/h2-10,13,16-17,24-26,30,32H,11-12,14,18H2,1H3/t24-,25+,26?/m0/s1. The highest BCUT2D eigenvalue weighted by atomic mass is 16.3. The number of aromatic nitrogens is 1. The smallest absolute Gasteiger partial charge is 0.253 e. The van der Waals surface area contributed by atoms with Crippen LogP contribution in [0.25, 0.3) is 0 Å². The number of benzene rings is 2. The van der Waals surface area contributed by atoms with E-state index in [2.05, 4.69) is 16.4 Å². The first kappa shape index (κ1) is 22.7. The molecule has 1 unspecified atom stereocenters. The lowest BCUT2D eigenvalue weighted by Gasteiger charge is -2.20. The molecule has 1 amide bonds. The number of aliphatic hydroxyl groups excluding tert-OH is 1. The molecule has 33 heavy (non-hydrogen) atoms. The van der Waals surface area contributed by atoms with Crippen molar-refractivity contribution in [2.45, 2.75) is 44.0 Å². The molecule has 1 fully saturated rings. The van der Waals surface area contributed by atoms with Gasteiger partial charge in [-0.2, -0.15) is 5.26 Å². The maximum Gasteiger partial charge on any atom is 0.253 e. The predicted octanol–water partition coefficient (Wildman–Crippen LogP) is 3.62. The molecule has 3 aromatic rings. The van der Waals surface area contributed by atoms with Crippen LogP contribution >= 0.6 is 0 Å². The maximum atomic E-state index is 12.8. The highest BCUT2D eigenvalue weighted by Gasteiger charge is 2.29. The topological polar surface area (TPSA) is 89.2 Å². The minimum atomic E-state index is -0.504. The third-order valence-corrected chi connectivity index (χ3v) is 6.17. The van der Waals surface area contributed by atoms with Gasteiger partial charge in [-0.15, -0.1) is 0 Å². The fraction of sp³-hybridized carbons (Fsp3) is 0.296. The molecule has 1 aliphatic rings. The number of amides is 1. The van der Waals surface area contributed by atoms with E-state index in [1.807, 2.05) is 54.6 Å². The number of rotatable bonds is 7. The van der Waals surface area contributed by atoms with Crippen molar-refractivity contribution in [1.82, 2.24) is 15.2 Å². The SMILES string of the molecule is CN(Cc1cncc(C#N)c1)C(=O)c1ccc(C[C@@H]2CC[C@H](C(O)c3ccccc3)N2)cc1. The second-order valence-corrected chi connectivity index (χ2v) is 8.66. The molecule has 3 atom stereocenters. The molecule has 0 radical (unpaired) electrons. The van der Waals surface area contributed by atoms with E-state index in [0.29, 0.717) is 23.7 Å². The first-order valence-corrected chi connectivity index (χ1v) is 11.2. The minimum Gasteiger partial charge on any atom is -0.387 e. The van der Waals surface area contributed by atoms with Crippen LogP contribution in [0.4, 0.5) is 0 Å². The summed E-state index contributed by atoms with van der Waals surface area (Å²) in [5.74, 6) is -0.0750. The summed E-state index contributed by atoms with van der Waals surface area (Å²) < 4.78 is 0. The van der Waals surface area contributed by atoms with Crippen molar-refractivity contribution >= 4 is 5.91 Å². The molecule has 6 heteroatoms. The Hall–Kier alpha value is -3.53. The molecule has 0 saturated carbocycles. The summed E-state index contributed by atoms with van der Waals surface area (Å²) in [6.07, 6.45) is 5.47. The Morgan fingerprint density at radius 1 is 1.15 bits per heavy atom. The van der Waals surface area contributed by atoms with Crippen LogP contribution in [0.3, 0.4) is 0 Å². The van der Waals surface area contributed by atoms with E-state index < -0.39 is 6.10 Å². The Balaban J connectivity index is 1.32. The molecule has 4 rings (SSSR count). The van der Waals surface area contributed by atoms with Crippen molar-refractivity contribution < 1.29 is 9.90 Å². The van der Waals surface area contributed by atoms with E-state index in [0.717, 1.165) is 36.0 Å². The Morgan fingerprint density at radius 2 is 1.91 bits per heavy atom. The van der Waals surface area contributed by atoms with Gasteiger partial charge in [0.25, 0.3) is 5.91 Å². The molecule has 1 saturated heterocycles. The van der Waals surface area contributed by atoms with Gasteiger partial charge in [0.15, 0.2) is 0 Å². The number of carbonyl (C=O) groups is 1. The summed E-state index contributed by atoms with van der Waals surface area (Å²) in [6.45, 7) is 0.389. The Bertz CT molecular complexity index is 1120. The van der Waals surface area contributed by atoms with Crippen molar-refractivity contribution in [3.05, 3.63) is 101 Å². The van der Waals surface area contributed by atoms with E-state index in [-0.39, 0.29) is 11.9 Å². The maximum absolute atomic E-state index is 12.8. The van der Waals surface area contributed by atoms with Crippen molar-refractivity contribution in [3.63, 3.8) is 0 Å². The lowest BCUT2D eigenvalue weighted by molar-refractivity contribution is 0.0785. The summed E-state index contributed by atoms with van der Waals surface area (Å²) in [7, 11) is 1.75. The number of nitrogens with one attached hydrogen (secondary N) is 1.